The van der Waals surface area contributed by atoms with Gasteiger partial charge >= 0.3 is 5.97 Å². The normalized spacial score (nSPS) is 13.1. The Bertz CT molecular complexity index is 138. The van der Waals surface area contributed by atoms with Crippen molar-refractivity contribution in [1.82, 2.24) is 4.90 Å². The Morgan fingerprint density at radius 2 is 2.25 bits per heavy atom. The zero-order valence-corrected chi connectivity index (χ0v) is 7.91. The molecule has 4 nitrogen and oxygen atoms in total. The van der Waals surface area contributed by atoms with Gasteiger partial charge in [-0.15, -0.1) is 0 Å². The Kier molecular flexibility index (Phi) is 5.66. The van der Waals surface area contributed by atoms with E-state index in [0.29, 0.717) is 6.61 Å². The molecule has 0 rings (SSSR count). The number of rotatable bonds is 5. The van der Waals surface area contributed by atoms with Crippen molar-refractivity contribution >= 4 is 5.97 Å². The maximum Gasteiger partial charge on any atom is 0.320 e. The van der Waals surface area contributed by atoms with Gasteiger partial charge in [0.1, 0.15) is 0 Å². The highest BCUT2D eigenvalue weighted by atomic mass is 16.5. The molecule has 1 atom stereocenters. The van der Waals surface area contributed by atoms with Gasteiger partial charge in [-0.25, -0.2) is 0 Å². The van der Waals surface area contributed by atoms with Crippen LogP contribution in [0.1, 0.15) is 13.8 Å². The Balaban J connectivity index is 3.67. The molecule has 0 bridgehead atoms. The van der Waals surface area contributed by atoms with E-state index in [2.05, 4.69) is 0 Å². The highest BCUT2D eigenvalue weighted by molar-refractivity contribution is 5.71. The van der Waals surface area contributed by atoms with E-state index in [4.69, 9.17) is 9.84 Å². The van der Waals surface area contributed by atoms with Gasteiger partial charge in [-0.1, -0.05) is 0 Å². The molecule has 0 amide bonds. The molecule has 4 heteroatoms. The first-order valence-corrected chi connectivity index (χ1v) is 4.08. The quantitative estimate of drug-likeness (QED) is 0.591. The third-order valence-electron chi connectivity index (χ3n) is 1.70. The number of likely N-dealkylation sites (N-methyl/N-ethyl adjacent to an activating group) is 1. The maximum absolute atomic E-state index is 10.9. The van der Waals surface area contributed by atoms with Crippen LogP contribution in [-0.2, 0) is 9.53 Å². The van der Waals surface area contributed by atoms with E-state index in [-0.39, 0.29) is 25.2 Å². The van der Waals surface area contributed by atoms with Crippen molar-refractivity contribution in [3.8, 4) is 0 Å². The molecule has 0 aliphatic carbocycles. The monoisotopic (exact) mass is 175 g/mol. The summed E-state index contributed by atoms with van der Waals surface area (Å²) in [6.45, 7) is 4.30. The van der Waals surface area contributed by atoms with E-state index in [9.17, 15) is 4.79 Å². The highest BCUT2D eigenvalue weighted by Gasteiger charge is 2.11. The van der Waals surface area contributed by atoms with Crippen LogP contribution in [0.3, 0.4) is 0 Å². The van der Waals surface area contributed by atoms with Crippen molar-refractivity contribution < 1.29 is 14.6 Å². The molecule has 0 saturated carbocycles. The summed E-state index contributed by atoms with van der Waals surface area (Å²) < 4.78 is 4.74. The molecule has 0 heterocycles. The van der Waals surface area contributed by atoms with Crippen LogP contribution in [0.25, 0.3) is 0 Å². The third-order valence-corrected chi connectivity index (χ3v) is 1.70. The van der Waals surface area contributed by atoms with Crippen LogP contribution in [0.4, 0.5) is 0 Å². The van der Waals surface area contributed by atoms with E-state index < -0.39 is 0 Å². The predicted molar refractivity (Wildman–Crippen MR) is 45.8 cm³/mol. The number of esters is 1. The van der Waals surface area contributed by atoms with Gasteiger partial charge in [0.15, 0.2) is 0 Å². The van der Waals surface area contributed by atoms with E-state index in [1.807, 2.05) is 6.92 Å². The van der Waals surface area contributed by atoms with Crippen molar-refractivity contribution in [3.05, 3.63) is 0 Å². The number of aliphatic hydroxyl groups excluding tert-OH is 1. The largest absolute Gasteiger partial charge is 0.465 e. The van der Waals surface area contributed by atoms with Crippen molar-refractivity contribution in [1.29, 1.82) is 0 Å². The van der Waals surface area contributed by atoms with Crippen molar-refractivity contribution in [3.63, 3.8) is 0 Å². The molecule has 12 heavy (non-hydrogen) atoms. The summed E-state index contributed by atoms with van der Waals surface area (Å²) in [5.74, 6) is -0.250. The molecule has 0 aromatic heterocycles. The van der Waals surface area contributed by atoms with Gasteiger partial charge in [-0.3, -0.25) is 9.69 Å². The van der Waals surface area contributed by atoms with Crippen LogP contribution in [-0.4, -0.2) is 48.8 Å². The third kappa shape index (κ3) is 4.31. The fourth-order valence-corrected chi connectivity index (χ4v) is 0.705. The highest BCUT2D eigenvalue weighted by Crippen LogP contribution is 1.94. The summed E-state index contributed by atoms with van der Waals surface area (Å²) in [6.07, 6.45) is 0. The molecule has 0 aromatic carbocycles. The number of nitrogens with zero attached hydrogens (tertiary/aromatic N) is 1. The minimum atomic E-state index is -0.250. The molecule has 0 aromatic rings. The number of carbonyl (C=O) groups is 1. The van der Waals surface area contributed by atoms with Crippen LogP contribution in [0.15, 0.2) is 0 Å². The van der Waals surface area contributed by atoms with Gasteiger partial charge < -0.3 is 9.84 Å². The molecule has 0 spiro atoms. The lowest BCUT2D eigenvalue weighted by atomic mass is 10.3. The van der Waals surface area contributed by atoms with Crippen LogP contribution < -0.4 is 0 Å². The molecule has 0 radical (unpaired) electrons. The average molecular weight is 175 g/mol. The Hall–Kier alpha value is -0.610. The van der Waals surface area contributed by atoms with E-state index in [1.54, 1.807) is 18.9 Å². The first kappa shape index (κ1) is 11.4. The molecule has 1 N–H and O–H groups in total. The molecule has 0 aliphatic rings. The van der Waals surface area contributed by atoms with Gasteiger partial charge in [-0.2, -0.15) is 0 Å². The fraction of sp³-hybridized carbons (Fsp3) is 0.875. The molecule has 72 valence electrons. The number of aliphatic hydroxyl groups is 1. The summed E-state index contributed by atoms with van der Waals surface area (Å²) >= 11 is 0. The lowest BCUT2D eigenvalue weighted by Gasteiger charge is -2.21. The van der Waals surface area contributed by atoms with Gasteiger partial charge in [0, 0.05) is 6.04 Å². The lowest BCUT2D eigenvalue weighted by molar-refractivity contribution is -0.144. The first-order chi connectivity index (χ1) is 5.61. The smallest absolute Gasteiger partial charge is 0.320 e. The molecule has 0 saturated heterocycles. The zero-order chi connectivity index (χ0) is 9.56. The summed E-state index contributed by atoms with van der Waals surface area (Å²) in [5, 5.41) is 8.75. The predicted octanol–water partition coefficient (Wildman–Crippen LogP) is -0.138. The Morgan fingerprint density at radius 3 is 2.67 bits per heavy atom. The second-order valence-corrected chi connectivity index (χ2v) is 2.75. The lowest BCUT2D eigenvalue weighted by Crippen LogP contribution is -2.36. The Morgan fingerprint density at radius 1 is 1.67 bits per heavy atom. The summed E-state index contributed by atoms with van der Waals surface area (Å²) in [6, 6.07) is -0.00518. The number of hydrogen-bond donors (Lipinski definition) is 1. The van der Waals surface area contributed by atoms with E-state index in [0.717, 1.165) is 0 Å². The maximum atomic E-state index is 10.9. The SMILES string of the molecule is CCOC(=O)CN(C)C(C)CO. The molecule has 1 unspecified atom stereocenters. The first-order valence-electron chi connectivity index (χ1n) is 4.08. The van der Waals surface area contributed by atoms with Crippen molar-refractivity contribution in [2.24, 2.45) is 0 Å². The molecular weight excluding hydrogens is 158 g/mol. The van der Waals surface area contributed by atoms with Crippen LogP contribution in [0.2, 0.25) is 0 Å². The van der Waals surface area contributed by atoms with E-state index >= 15 is 0 Å². The van der Waals surface area contributed by atoms with Crippen LogP contribution in [0.5, 0.6) is 0 Å². The second kappa shape index (κ2) is 5.97. The minimum absolute atomic E-state index is 0.00518. The van der Waals surface area contributed by atoms with Crippen molar-refractivity contribution in [2.45, 2.75) is 19.9 Å². The van der Waals surface area contributed by atoms with Crippen molar-refractivity contribution in [2.75, 3.05) is 26.8 Å². The average Bonchev–Trinajstić information content (AvgIpc) is 2.03. The van der Waals surface area contributed by atoms with Gasteiger partial charge in [-0.05, 0) is 20.9 Å². The zero-order valence-electron chi connectivity index (χ0n) is 7.91. The fourth-order valence-electron chi connectivity index (χ4n) is 0.705. The van der Waals surface area contributed by atoms with E-state index in [1.165, 1.54) is 0 Å². The summed E-state index contributed by atoms with van der Waals surface area (Å²) in [5.41, 5.74) is 0. The molecular formula is C8H17NO3. The number of carbonyl (C=O) groups excluding carboxylic acids is 1. The Labute approximate surface area is 73.1 Å². The molecule has 0 fully saturated rings. The number of hydrogen-bond acceptors (Lipinski definition) is 4. The van der Waals surface area contributed by atoms with Crippen LogP contribution >= 0.6 is 0 Å². The summed E-state index contributed by atoms with van der Waals surface area (Å²) in [7, 11) is 1.78. The summed E-state index contributed by atoms with van der Waals surface area (Å²) in [4.78, 5) is 12.7. The second-order valence-electron chi connectivity index (χ2n) is 2.75. The molecule has 0 aliphatic heterocycles. The minimum Gasteiger partial charge on any atom is -0.465 e. The standard InChI is InChI=1S/C8H17NO3/c1-4-12-8(11)5-9(3)7(2)6-10/h7,10H,4-6H2,1-3H3. The van der Waals surface area contributed by atoms with Crippen LogP contribution in [0, 0.1) is 0 Å². The van der Waals surface area contributed by atoms with Gasteiger partial charge in [0.2, 0.25) is 0 Å². The van der Waals surface area contributed by atoms with Gasteiger partial charge in [0.25, 0.3) is 0 Å². The van der Waals surface area contributed by atoms with Gasteiger partial charge in [0.05, 0.1) is 19.8 Å². The topological polar surface area (TPSA) is 49.8 Å². The number of ether oxygens (including phenoxy) is 1.